The Balaban J connectivity index is 2.64. The van der Waals surface area contributed by atoms with Gasteiger partial charge in [0.05, 0.1) is 0 Å². The maximum atomic E-state index is 3.41. The minimum absolute atomic E-state index is 0.468. The van der Waals surface area contributed by atoms with Crippen molar-refractivity contribution >= 4 is 0 Å². The van der Waals surface area contributed by atoms with E-state index in [1.54, 1.807) is 0 Å². The maximum absolute atomic E-state index is 3.41. The molecular formula is C14H24N2. The summed E-state index contributed by atoms with van der Waals surface area (Å²) in [6.07, 6.45) is 1.16. The molecule has 0 bridgehead atoms. The molecule has 0 radical (unpaired) electrons. The lowest BCUT2D eigenvalue weighted by molar-refractivity contribution is 0.325. The molecule has 0 aliphatic carbocycles. The Kier molecular flexibility index (Phi) is 5.50. The van der Waals surface area contributed by atoms with E-state index in [1.807, 2.05) is 7.05 Å². The highest BCUT2D eigenvalue weighted by Gasteiger charge is 2.11. The van der Waals surface area contributed by atoms with Crippen molar-refractivity contribution in [2.45, 2.75) is 26.3 Å². The smallest absolute Gasteiger partial charge is 0.0332 e. The summed E-state index contributed by atoms with van der Waals surface area (Å²) in [6.45, 7) is 6.63. The van der Waals surface area contributed by atoms with Crippen LogP contribution >= 0.6 is 0 Å². The molecule has 90 valence electrons. The number of aryl methyl sites for hydroxylation is 1. The first-order valence-electron chi connectivity index (χ1n) is 6.10. The fourth-order valence-electron chi connectivity index (χ4n) is 1.94. The topological polar surface area (TPSA) is 15.3 Å². The van der Waals surface area contributed by atoms with Gasteiger partial charge in [-0.2, -0.15) is 0 Å². The van der Waals surface area contributed by atoms with E-state index in [0.29, 0.717) is 6.04 Å². The van der Waals surface area contributed by atoms with Gasteiger partial charge in [-0.25, -0.2) is 0 Å². The van der Waals surface area contributed by atoms with Crippen molar-refractivity contribution in [1.82, 2.24) is 10.2 Å². The highest BCUT2D eigenvalue weighted by atomic mass is 15.1. The van der Waals surface area contributed by atoms with Crippen molar-refractivity contribution in [3.8, 4) is 0 Å². The van der Waals surface area contributed by atoms with Gasteiger partial charge in [-0.15, -0.1) is 0 Å². The van der Waals surface area contributed by atoms with Crippen LogP contribution in [0, 0.1) is 6.92 Å². The van der Waals surface area contributed by atoms with E-state index < -0.39 is 0 Å². The van der Waals surface area contributed by atoms with Crippen LogP contribution in [0.5, 0.6) is 0 Å². The number of hydrogen-bond donors (Lipinski definition) is 1. The summed E-state index contributed by atoms with van der Waals surface area (Å²) in [7, 11) is 4.22. The van der Waals surface area contributed by atoms with Gasteiger partial charge in [0.15, 0.2) is 0 Å². The second-order valence-corrected chi connectivity index (χ2v) is 4.38. The Morgan fingerprint density at radius 1 is 1.31 bits per heavy atom. The summed E-state index contributed by atoms with van der Waals surface area (Å²) in [5, 5.41) is 3.41. The van der Waals surface area contributed by atoms with Crippen LogP contribution in [-0.4, -0.2) is 32.1 Å². The van der Waals surface area contributed by atoms with Gasteiger partial charge in [-0.1, -0.05) is 31.2 Å². The molecule has 16 heavy (non-hydrogen) atoms. The minimum Gasteiger partial charge on any atom is -0.313 e. The molecule has 1 atom stereocenters. The molecule has 1 N–H and O–H groups in total. The molecule has 0 aliphatic heterocycles. The van der Waals surface area contributed by atoms with Gasteiger partial charge in [-0.3, -0.25) is 0 Å². The predicted molar refractivity (Wildman–Crippen MR) is 70.8 cm³/mol. The number of benzene rings is 1. The van der Waals surface area contributed by atoms with Crippen LogP contribution in [0.15, 0.2) is 24.3 Å². The Hall–Kier alpha value is -0.860. The van der Waals surface area contributed by atoms with Crippen molar-refractivity contribution in [3.63, 3.8) is 0 Å². The summed E-state index contributed by atoms with van der Waals surface area (Å²) in [4.78, 5) is 2.35. The summed E-state index contributed by atoms with van der Waals surface area (Å²) in [5.74, 6) is 0. The van der Waals surface area contributed by atoms with Gasteiger partial charge in [0.2, 0.25) is 0 Å². The summed E-state index contributed by atoms with van der Waals surface area (Å²) >= 11 is 0. The predicted octanol–water partition coefficient (Wildman–Crippen LogP) is 2.60. The van der Waals surface area contributed by atoms with Crippen LogP contribution in [-0.2, 0) is 0 Å². The Labute approximate surface area is 99.7 Å². The van der Waals surface area contributed by atoms with Gasteiger partial charge in [-0.05, 0) is 51.7 Å². The fraction of sp³-hybridized carbons (Fsp3) is 0.571. The van der Waals surface area contributed by atoms with E-state index >= 15 is 0 Å². The Morgan fingerprint density at radius 2 is 2.00 bits per heavy atom. The van der Waals surface area contributed by atoms with Gasteiger partial charge in [0, 0.05) is 6.04 Å². The maximum Gasteiger partial charge on any atom is 0.0332 e. The van der Waals surface area contributed by atoms with E-state index in [9.17, 15) is 0 Å². The van der Waals surface area contributed by atoms with Crippen molar-refractivity contribution in [1.29, 1.82) is 0 Å². The zero-order valence-corrected chi connectivity index (χ0v) is 11.0. The van der Waals surface area contributed by atoms with E-state index in [0.717, 1.165) is 19.5 Å². The van der Waals surface area contributed by atoms with Gasteiger partial charge < -0.3 is 10.2 Å². The van der Waals surface area contributed by atoms with Crippen LogP contribution in [0.4, 0.5) is 0 Å². The van der Waals surface area contributed by atoms with Crippen LogP contribution in [0.3, 0.4) is 0 Å². The zero-order valence-electron chi connectivity index (χ0n) is 11.0. The van der Waals surface area contributed by atoms with Gasteiger partial charge in [0.1, 0.15) is 0 Å². The molecule has 0 amide bonds. The molecule has 1 aromatic rings. The molecule has 0 heterocycles. The standard InChI is InChI=1S/C14H24N2/c1-5-16(4)11-10-14(15-3)13-9-7-6-8-12(13)2/h6-9,14-15H,5,10-11H2,1-4H3. The molecule has 1 rings (SSSR count). The molecule has 2 nitrogen and oxygen atoms in total. The van der Waals surface area contributed by atoms with E-state index in [2.05, 4.69) is 55.4 Å². The lowest BCUT2D eigenvalue weighted by atomic mass is 9.99. The minimum atomic E-state index is 0.468. The number of hydrogen-bond acceptors (Lipinski definition) is 2. The zero-order chi connectivity index (χ0) is 12.0. The third-order valence-corrected chi connectivity index (χ3v) is 3.25. The Bertz CT molecular complexity index is 309. The van der Waals surface area contributed by atoms with Crippen LogP contribution in [0.2, 0.25) is 0 Å². The average Bonchev–Trinajstić information content (AvgIpc) is 2.31. The van der Waals surface area contributed by atoms with Crippen molar-refractivity contribution < 1.29 is 0 Å². The first-order valence-corrected chi connectivity index (χ1v) is 6.10. The van der Waals surface area contributed by atoms with E-state index in [1.165, 1.54) is 11.1 Å². The summed E-state index contributed by atoms with van der Waals surface area (Å²) < 4.78 is 0. The molecule has 0 saturated heterocycles. The van der Waals surface area contributed by atoms with Crippen LogP contribution in [0.1, 0.15) is 30.5 Å². The monoisotopic (exact) mass is 220 g/mol. The quantitative estimate of drug-likeness (QED) is 0.792. The number of nitrogens with one attached hydrogen (secondary N) is 1. The molecule has 0 spiro atoms. The third kappa shape index (κ3) is 3.62. The first kappa shape index (κ1) is 13.2. The molecule has 0 aromatic heterocycles. The summed E-state index contributed by atoms with van der Waals surface area (Å²) in [5.41, 5.74) is 2.80. The molecule has 2 heteroatoms. The largest absolute Gasteiger partial charge is 0.313 e. The van der Waals surface area contributed by atoms with Crippen molar-refractivity contribution in [2.75, 3.05) is 27.2 Å². The molecule has 1 aromatic carbocycles. The number of nitrogens with zero attached hydrogens (tertiary/aromatic N) is 1. The summed E-state index contributed by atoms with van der Waals surface area (Å²) in [6, 6.07) is 9.10. The molecule has 0 fully saturated rings. The molecular weight excluding hydrogens is 196 g/mol. The fourth-order valence-corrected chi connectivity index (χ4v) is 1.94. The van der Waals surface area contributed by atoms with Gasteiger partial charge >= 0.3 is 0 Å². The molecule has 0 saturated carbocycles. The third-order valence-electron chi connectivity index (χ3n) is 3.25. The van der Waals surface area contributed by atoms with Gasteiger partial charge in [0.25, 0.3) is 0 Å². The lowest BCUT2D eigenvalue weighted by Crippen LogP contribution is -2.25. The van der Waals surface area contributed by atoms with Crippen LogP contribution < -0.4 is 5.32 Å². The van der Waals surface area contributed by atoms with Crippen LogP contribution in [0.25, 0.3) is 0 Å². The normalized spacial score (nSPS) is 13.1. The van der Waals surface area contributed by atoms with Crippen molar-refractivity contribution in [3.05, 3.63) is 35.4 Å². The lowest BCUT2D eigenvalue weighted by Gasteiger charge is -2.22. The van der Waals surface area contributed by atoms with E-state index in [4.69, 9.17) is 0 Å². The highest BCUT2D eigenvalue weighted by molar-refractivity contribution is 5.28. The SMILES string of the molecule is CCN(C)CCC(NC)c1ccccc1C. The second kappa shape index (κ2) is 6.66. The first-order chi connectivity index (χ1) is 7.69. The highest BCUT2D eigenvalue weighted by Crippen LogP contribution is 2.20. The van der Waals surface area contributed by atoms with Crippen molar-refractivity contribution in [2.24, 2.45) is 0 Å². The molecule has 1 unspecified atom stereocenters. The number of rotatable bonds is 6. The van der Waals surface area contributed by atoms with E-state index in [-0.39, 0.29) is 0 Å². The molecule has 0 aliphatic rings. The second-order valence-electron chi connectivity index (χ2n) is 4.38. The average molecular weight is 220 g/mol. The Morgan fingerprint density at radius 3 is 2.56 bits per heavy atom.